The summed E-state index contributed by atoms with van der Waals surface area (Å²) < 4.78 is 12.8. The normalized spacial score (nSPS) is 37.5. The summed E-state index contributed by atoms with van der Waals surface area (Å²) in [4.78, 5) is 2.54. The first kappa shape index (κ1) is 13.6. The van der Waals surface area contributed by atoms with Crippen molar-refractivity contribution in [3.63, 3.8) is 0 Å². The van der Waals surface area contributed by atoms with Gasteiger partial charge >= 0.3 is 0 Å². The maximum absolute atomic E-state index is 12.8. The van der Waals surface area contributed by atoms with Crippen LogP contribution in [0, 0.1) is 0 Å². The summed E-state index contributed by atoms with van der Waals surface area (Å²) >= 11 is 0. The third-order valence-corrected chi connectivity index (χ3v) is 8.52. The van der Waals surface area contributed by atoms with Crippen LogP contribution in [0.4, 0.5) is 0 Å². The SMILES string of the molecule is CCCCCCC1C(N2CCCC2)P1(=O)CC. The lowest BCUT2D eigenvalue weighted by molar-refractivity contribution is 0.331. The number of likely N-dealkylation sites (tertiary alicyclic amines) is 1. The van der Waals surface area contributed by atoms with Crippen molar-refractivity contribution in [2.24, 2.45) is 0 Å². The molecule has 0 aromatic carbocycles. The van der Waals surface area contributed by atoms with E-state index in [1.165, 1.54) is 58.0 Å². The molecule has 3 heteroatoms. The van der Waals surface area contributed by atoms with E-state index >= 15 is 0 Å². The Morgan fingerprint density at radius 2 is 1.82 bits per heavy atom. The molecule has 2 rings (SSSR count). The monoisotopic (exact) mass is 257 g/mol. The topological polar surface area (TPSA) is 20.3 Å². The zero-order valence-electron chi connectivity index (χ0n) is 11.5. The number of unbranched alkanes of at least 4 members (excludes halogenated alkanes) is 3. The lowest BCUT2D eigenvalue weighted by atomic mass is 10.1. The first-order valence-electron chi connectivity index (χ1n) is 7.56. The average Bonchev–Trinajstić information content (AvgIpc) is 2.72. The maximum Gasteiger partial charge on any atom is 0.109 e. The second-order valence-electron chi connectivity index (χ2n) is 5.74. The highest BCUT2D eigenvalue weighted by Crippen LogP contribution is 2.76. The lowest BCUT2D eigenvalue weighted by Gasteiger charge is -2.13. The molecule has 0 aliphatic carbocycles. The summed E-state index contributed by atoms with van der Waals surface area (Å²) in [6.45, 7) is 6.80. The fourth-order valence-corrected chi connectivity index (χ4v) is 7.36. The summed E-state index contributed by atoms with van der Waals surface area (Å²) in [5, 5.41) is 0. The molecular formula is C14H28NOP. The molecule has 2 saturated heterocycles. The Morgan fingerprint density at radius 3 is 2.41 bits per heavy atom. The van der Waals surface area contributed by atoms with Crippen LogP contribution < -0.4 is 0 Å². The molecule has 100 valence electrons. The van der Waals surface area contributed by atoms with Gasteiger partial charge in [0.2, 0.25) is 0 Å². The van der Waals surface area contributed by atoms with Gasteiger partial charge in [-0.25, -0.2) is 0 Å². The van der Waals surface area contributed by atoms with Crippen molar-refractivity contribution in [3.05, 3.63) is 0 Å². The van der Waals surface area contributed by atoms with Gasteiger partial charge in [-0.1, -0.05) is 39.5 Å². The van der Waals surface area contributed by atoms with Crippen LogP contribution in [0.15, 0.2) is 0 Å². The van der Waals surface area contributed by atoms with Gasteiger partial charge < -0.3 is 4.57 Å². The van der Waals surface area contributed by atoms with Gasteiger partial charge in [0.15, 0.2) is 0 Å². The van der Waals surface area contributed by atoms with Crippen molar-refractivity contribution in [1.29, 1.82) is 0 Å². The molecule has 3 atom stereocenters. The minimum absolute atomic E-state index is 0.497. The van der Waals surface area contributed by atoms with Crippen molar-refractivity contribution >= 4 is 7.14 Å². The van der Waals surface area contributed by atoms with E-state index in [4.69, 9.17) is 0 Å². The van der Waals surface area contributed by atoms with Crippen LogP contribution in [0.25, 0.3) is 0 Å². The van der Waals surface area contributed by atoms with Gasteiger partial charge in [-0.15, -0.1) is 0 Å². The Kier molecular flexibility index (Phi) is 4.72. The molecule has 0 N–H and O–H groups in total. The summed E-state index contributed by atoms with van der Waals surface area (Å²) in [6, 6.07) is 0. The third kappa shape index (κ3) is 2.79. The minimum Gasteiger partial charge on any atom is -0.322 e. The molecule has 0 amide bonds. The highest BCUT2D eigenvalue weighted by atomic mass is 31.2. The van der Waals surface area contributed by atoms with Crippen LogP contribution in [-0.2, 0) is 4.57 Å². The quantitative estimate of drug-likeness (QED) is 0.504. The standard InChI is InChI=1S/C14H28NOP/c1-3-5-6-7-10-13-14(17(13,16)4-2)15-11-8-9-12-15/h13-14H,3-12H2,1-2H3. The first-order chi connectivity index (χ1) is 8.24. The van der Waals surface area contributed by atoms with E-state index < -0.39 is 7.14 Å². The van der Waals surface area contributed by atoms with Gasteiger partial charge in [0.1, 0.15) is 7.14 Å². The van der Waals surface area contributed by atoms with Crippen LogP contribution in [0.1, 0.15) is 58.8 Å². The molecule has 0 aromatic heterocycles. The molecule has 0 aromatic rings. The number of hydrogen-bond acceptors (Lipinski definition) is 2. The fourth-order valence-electron chi connectivity index (χ4n) is 3.51. The second kappa shape index (κ2) is 5.89. The Balaban J connectivity index is 1.82. The maximum atomic E-state index is 12.8. The molecule has 2 aliphatic heterocycles. The van der Waals surface area contributed by atoms with E-state index in [0.29, 0.717) is 11.4 Å². The van der Waals surface area contributed by atoms with E-state index in [-0.39, 0.29) is 0 Å². The Hall–Kier alpha value is 0.190. The number of nitrogens with zero attached hydrogens (tertiary/aromatic N) is 1. The average molecular weight is 257 g/mol. The van der Waals surface area contributed by atoms with Gasteiger partial charge in [-0.3, -0.25) is 4.90 Å². The molecule has 17 heavy (non-hydrogen) atoms. The predicted octanol–water partition coefficient (Wildman–Crippen LogP) is 4.14. The van der Waals surface area contributed by atoms with E-state index in [1.54, 1.807) is 0 Å². The summed E-state index contributed by atoms with van der Waals surface area (Å²) in [5.41, 5.74) is 0.572. The van der Waals surface area contributed by atoms with Gasteiger partial charge in [0, 0.05) is 5.66 Å². The summed E-state index contributed by atoms with van der Waals surface area (Å²) in [5.74, 6) is 0.497. The highest BCUT2D eigenvalue weighted by molar-refractivity contribution is 7.73. The zero-order chi connectivity index (χ0) is 12.3. The first-order valence-corrected chi connectivity index (χ1v) is 9.59. The van der Waals surface area contributed by atoms with Gasteiger partial charge in [-0.2, -0.15) is 0 Å². The number of hydrogen-bond donors (Lipinski definition) is 0. The molecular weight excluding hydrogens is 229 g/mol. The van der Waals surface area contributed by atoms with Gasteiger partial charge in [0.05, 0.1) is 5.78 Å². The van der Waals surface area contributed by atoms with Crippen molar-refractivity contribution in [2.75, 3.05) is 19.3 Å². The van der Waals surface area contributed by atoms with E-state index in [0.717, 1.165) is 6.16 Å². The van der Waals surface area contributed by atoms with Gasteiger partial charge in [0.25, 0.3) is 0 Å². The molecule has 0 spiro atoms. The lowest BCUT2D eigenvalue weighted by Crippen LogP contribution is -2.24. The Labute approximate surface area is 107 Å². The van der Waals surface area contributed by atoms with Crippen molar-refractivity contribution in [3.8, 4) is 0 Å². The van der Waals surface area contributed by atoms with Crippen LogP contribution >= 0.6 is 7.14 Å². The van der Waals surface area contributed by atoms with E-state index in [1.807, 2.05) is 0 Å². The second-order valence-corrected chi connectivity index (χ2v) is 9.28. The summed E-state index contributed by atoms with van der Waals surface area (Å²) in [6.07, 6.45) is 10.1. The van der Waals surface area contributed by atoms with Crippen LogP contribution in [0.3, 0.4) is 0 Å². The predicted molar refractivity (Wildman–Crippen MR) is 75.3 cm³/mol. The molecule has 0 radical (unpaired) electrons. The highest BCUT2D eigenvalue weighted by Gasteiger charge is 2.61. The third-order valence-electron chi connectivity index (χ3n) is 4.63. The molecule has 0 bridgehead atoms. The van der Waals surface area contributed by atoms with Crippen LogP contribution in [-0.4, -0.2) is 35.6 Å². The Morgan fingerprint density at radius 1 is 1.12 bits per heavy atom. The fraction of sp³-hybridized carbons (Fsp3) is 1.00. The molecule has 2 heterocycles. The summed E-state index contributed by atoms with van der Waals surface area (Å²) in [7, 11) is -1.79. The van der Waals surface area contributed by atoms with Crippen LogP contribution in [0.2, 0.25) is 0 Å². The number of rotatable bonds is 7. The molecule has 0 saturated carbocycles. The minimum atomic E-state index is -1.79. The Bertz CT molecular complexity index is 286. The van der Waals surface area contributed by atoms with Crippen LogP contribution in [0.5, 0.6) is 0 Å². The van der Waals surface area contributed by atoms with E-state index in [9.17, 15) is 4.57 Å². The molecule has 3 unspecified atom stereocenters. The molecule has 2 aliphatic rings. The van der Waals surface area contributed by atoms with Crippen molar-refractivity contribution in [2.45, 2.75) is 70.2 Å². The molecule has 2 nitrogen and oxygen atoms in total. The van der Waals surface area contributed by atoms with Crippen molar-refractivity contribution < 1.29 is 4.57 Å². The smallest absolute Gasteiger partial charge is 0.109 e. The van der Waals surface area contributed by atoms with E-state index in [2.05, 4.69) is 18.7 Å². The zero-order valence-corrected chi connectivity index (χ0v) is 12.4. The largest absolute Gasteiger partial charge is 0.322 e. The van der Waals surface area contributed by atoms with Crippen molar-refractivity contribution in [1.82, 2.24) is 4.90 Å². The molecule has 2 fully saturated rings. The van der Waals surface area contributed by atoms with Gasteiger partial charge in [-0.05, 0) is 38.5 Å².